The van der Waals surface area contributed by atoms with Gasteiger partial charge in [-0.2, -0.15) is 4.39 Å². The summed E-state index contributed by atoms with van der Waals surface area (Å²) < 4.78 is 25.9. The number of aromatic nitrogens is 2. The zero-order chi connectivity index (χ0) is 21.5. The van der Waals surface area contributed by atoms with Crippen LogP contribution in [-0.2, 0) is 6.61 Å². The topological polar surface area (TPSA) is 56.6 Å². The molecule has 7 heteroatoms. The summed E-state index contributed by atoms with van der Waals surface area (Å²) in [6.45, 7) is 4.13. The first-order valence-electron chi connectivity index (χ1n) is 10.6. The van der Waals surface area contributed by atoms with Crippen LogP contribution in [0.15, 0.2) is 65.7 Å². The second-order valence-electron chi connectivity index (χ2n) is 7.59. The van der Waals surface area contributed by atoms with Gasteiger partial charge in [-0.3, -0.25) is 14.3 Å². The minimum Gasteiger partial charge on any atom is -0.492 e. The number of nitrogens with zero attached hydrogens (tertiary/aromatic N) is 3. The van der Waals surface area contributed by atoms with Crippen molar-refractivity contribution in [3.63, 3.8) is 0 Å². The van der Waals surface area contributed by atoms with Crippen molar-refractivity contribution in [2.24, 2.45) is 0 Å². The van der Waals surface area contributed by atoms with E-state index in [1.54, 1.807) is 22.9 Å². The second-order valence-corrected chi connectivity index (χ2v) is 7.59. The summed E-state index contributed by atoms with van der Waals surface area (Å²) in [5.74, 6) is 0.703. The fourth-order valence-electron chi connectivity index (χ4n) is 3.60. The molecule has 1 fully saturated rings. The Morgan fingerprint density at radius 3 is 2.45 bits per heavy atom. The predicted molar refractivity (Wildman–Crippen MR) is 116 cm³/mol. The summed E-state index contributed by atoms with van der Waals surface area (Å²) in [6, 6.07) is 13.5. The van der Waals surface area contributed by atoms with Crippen molar-refractivity contribution in [2.75, 3.05) is 26.2 Å². The highest BCUT2D eigenvalue weighted by Gasteiger charge is 2.09. The van der Waals surface area contributed by atoms with Gasteiger partial charge in [0.2, 0.25) is 5.95 Å². The molecule has 0 spiro atoms. The quantitative estimate of drug-likeness (QED) is 0.516. The number of hydrogen-bond acceptors (Lipinski definition) is 5. The molecule has 3 aromatic rings. The van der Waals surface area contributed by atoms with E-state index in [2.05, 4.69) is 9.88 Å². The summed E-state index contributed by atoms with van der Waals surface area (Å²) in [5.41, 5.74) is 1.28. The Morgan fingerprint density at radius 2 is 1.74 bits per heavy atom. The lowest BCUT2D eigenvalue weighted by Crippen LogP contribution is -2.33. The van der Waals surface area contributed by atoms with E-state index in [4.69, 9.17) is 9.47 Å². The molecule has 0 bridgehead atoms. The highest BCUT2D eigenvalue weighted by molar-refractivity contribution is 5.38. The molecule has 0 atom stereocenters. The summed E-state index contributed by atoms with van der Waals surface area (Å²) in [7, 11) is 0. The van der Waals surface area contributed by atoms with E-state index in [1.165, 1.54) is 37.6 Å². The molecule has 0 saturated carbocycles. The maximum absolute atomic E-state index is 12.9. The molecule has 2 aromatic heterocycles. The average molecular weight is 423 g/mol. The lowest BCUT2D eigenvalue weighted by Gasteiger charge is -2.26. The first-order chi connectivity index (χ1) is 15.2. The minimum atomic E-state index is -0.537. The van der Waals surface area contributed by atoms with Crippen LogP contribution >= 0.6 is 0 Å². The maximum atomic E-state index is 12.9. The number of halogens is 1. The monoisotopic (exact) mass is 423 g/mol. The predicted octanol–water partition coefficient (Wildman–Crippen LogP) is 3.82. The lowest BCUT2D eigenvalue weighted by atomic mass is 10.1. The first kappa shape index (κ1) is 21.1. The fraction of sp³-hybridized carbons (Fsp3) is 0.333. The van der Waals surface area contributed by atoms with Gasteiger partial charge in [-0.25, -0.2) is 4.98 Å². The Bertz CT molecular complexity index is 1030. The number of hydrogen-bond donors (Lipinski definition) is 0. The van der Waals surface area contributed by atoms with Crippen LogP contribution in [0.4, 0.5) is 4.39 Å². The van der Waals surface area contributed by atoms with Crippen molar-refractivity contribution in [3.05, 3.63) is 82.8 Å². The summed E-state index contributed by atoms with van der Waals surface area (Å²) in [4.78, 5) is 18.5. The number of pyridine rings is 2. The molecule has 1 aliphatic rings. The van der Waals surface area contributed by atoms with Crippen LogP contribution < -0.4 is 15.0 Å². The van der Waals surface area contributed by atoms with E-state index in [0.29, 0.717) is 12.4 Å². The molecule has 0 amide bonds. The Balaban J connectivity index is 1.32. The SMILES string of the molecule is O=c1cc(OCc2ccc(F)nc2)ccn1-c1ccc(OCCN2CCCCC2)cc1. The molecule has 0 radical (unpaired) electrons. The van der Waals surface area contributed by atoms with Gasteiger partial charge in [0.1, 0.15) is 24.7 Å². The third-order valence-electron chi connectivity index (χ3n) is 5.33. The minimum absolute atomic E-state index is 0.200. The van der Waals surface area contributed by atoms with Crippen molar-refractivity contribution in [1.29, 1.82) is 0 Å². The van der Waals surface area contributed by atoms with E-state index in [0.717, 1.165) is 36.6 Å². The molecule has 1 aromatic carbocycles. The van der Waals surface area contributed by atoms with E-state index in [9.17, 15) is 9.18 Å². The third-order valence-corrected chi connectivity index (χ3v) is 5.33. The van der Waals surface area contributed by atoms with Crippen LogP contribution in [0.1, 0.15) is 24.8 Å². The van der Waals surface area contributed by atoms with Gasteiger partial charge in [0.15, 0.2) is 0 Å². The molecule has 0 N–H and O–H groups in total. The molecular formula is C24H26FN3O3. The Morgan fingerprint density at radius 1 is 0.935 bits per heavy atom. The Hall–Kier alpha value is -3.19. The molecule has 3 heterocycles. The number of likely N-dealkylation sites (tertiary alicyclic amines) is 1. The molecule has 6 nitrogen and oxygen atoms in total. The van der Waals surface area contributed by atoms with Gasteiger partial charge >= 0.3 is 0 Å². The fourth-order valence-corrected chi connectivity index (χ4v) is 3.60. The second kappa shape index (κ2) is 10.2. The van der Waals surface area contributed by atoms with Gasteiger partial charge in [0, 0.05) is 36.3 Å². The van der Waals surface area contributed by atoms with Gasteiger partial charge in [0.05, 0.1) is 0 Å². The largest absolute Gasteiger partial charge is 0.492 e. The van der Waals surface area contributed by atoms with Crippen molar-refractivity contribution >= 4 is 0 Å². The smallest absolute Gasteiger partial charge is 0.258 e. The first-order valence-corrected chi connectivity index (χ1v) is 10.6. The Kier molecular flexibility index (Phi) is 6.94. The molecule has 1 aliphatic heterocycles. The van der Waals surface area contributed by atoms with Crippen LogP contribution in [0.2, 0.25) is 0 Å². The van der Waals surface area contributed by atoms with Gasteiger partial charge in [0.25, 0.3) is 5.56 Å². The summed E-state index contributed by atoms with van der Waals surface area (Å²) in [6.07, 6.45) is 6.96. The van der Waals surface area contributed by atoms with Crippen molar-refractivity contribution in [3.8, 4) is 17.2 Å². The molecule has 31 heavy (non-hydrogen) atoms. The zero-order valence-corrected chi connectivity index (χ0v) is 17.4. The van der Waals surface area contributed by atoms with Crippen LogP contribution in [0, 0.1) is 5.95 Å². The van der Waals surface area contributed by atoms with E-state index in [1.807, 2.05) is 24.3 Å². The lowest BCUT2D eigenvalue weighted by molar-refractivity contribution is 0.183. The van der Waals surface area contributed by atoms with Gasteiger partial charge in [-0.1, -0.05) is 6.42 Å². The zero-order valence-electron chi connectivity index (χ0n) is 17.4. The van der Waals surface area contributed by atoms with E-state index >= 15 is 0 Å². The molecule has 0 unspecified atom stereocenters. The van der Waals surface area contributed by atoms with Crippen LogP contribution in [0.25, 0.3) is 5.69 Å². The third kappa shape index (κ3) is 5.92. The van der Waals surface area contributed by atoms with E-state index in [-0.39, 0.29) is 12.2 Å². The Labute approximate surface area is 180 Å². The van der Waals surface area contributed by atoms with Crippen molar-refractivity contribution in [2.45, 2.75) is 25.9 Å². The average Bonchev–Trinajstić information content (AvgIpc) is 2.80. The van der Waals surface area contributed by atoms with Gasteiger partial charge < -0.3 is 9.47 Å². The van der Waals surface area contributed by atoms with Gasteiger partial charge in [-0.15, -0.1) is 0 Å². The highest BCUT2D eigenvalue weighted by Crippen LogP contribution is 2.16. The number of ether oxygens (including phenoxy) is 2. The van der Waals surface area contributed by atoms with Crippen LogP contribution in [0.3, 0.4) is 0 Å². The summed E-state index contributed by atoms with van der Waals surface area (Å²) >= 11 is 0. The van der Waals surface area contributed by atoms with Crippen molar-refractivity contribution < 1.29 is 13.9 Å². The number of benzene rings is 1. The molecule has 4 rings (SSSR count). The van der Waals surface area contributed by atoms with Crippen LogP contribution in [-0.4, -0.2) is 40.7 Å². The normalized spacial score (nSPS) is 14.4. The van der Waals surface area contributed by atoms with E-state index < -0.39 is 5.95 Å². The standard InChI is InChI=1S/C24H26FN3O3/c25-23-9-4-19(17-26-23)18-31-22-10-13-28(24(29)16-22)20-5-7-21(8-6-20)30-15-14-27-11-2-1-3-12-27/h4-10,13,16-17H,1-3,11-12,14-15,18H2. The molecular weight excluding hydrogens is 397 g/mol. The number of piperidine rings is 1. The molecule has 0 aliphatic carbocycles. The molecule has 1 saturated heterocycles. The van der Waals surface area contributed by atoms with Crippen molar-refractivity contribution in [1.82, 2.24) is 14.5 Å². The summed E-state index contributed by atoms with van der Waals surface area (Å²) in [5, 5.41) is 0. The molecule has 162 valence electrons. The highest BCUT2D eigenvalue weighted by atomic mass is 19.1. The van der Waals surface area contributed by atoms with Gasteiger partial charge in [-0.05, 0) is 68.4 Å². The van der Waals surface area contributed by atoms with Crippen LogP contribution in [0.5, 0.6) is 11.5 Å². The number of rotatable bonds is 8. The maximum Gasteiger partial charge on any atom is 0.258 e.